The summed E-state index contributed by atoms with van der Waals surface area (Å²) < 4.78 is 10.9. The minimum atomic E-state index is -1.13. The van der Waals surface area contributed by atoms with Crippen LogP contribution in [0.2, 0.25) is 5.02 Å². The molecule has 0 radical (unpaired) electrons. The molecule has 0 aliphatic rings. The van der Waals surface area contributed by atoms with Crippen LogP contribution >= 0.6 is 11.6 Å². The SMILES string of the molecule is O=C(N[C@H](Cc1ccccc1)C(=O)O)OCc1cc2cc(-c3ccc(Cl)cc3)ccc2o1. The van der Waals surface area contributed by atoms with Crippen molar-refractivity contribution in [3.63, 3.8) is 0 Å². The van der Waals surface area contributed by atoms with Crippen molar-refractivity contribution in [3.05, 3.63) is 95.2 Å². The number of amides is 1. The topological polar surface area (TPSA) is 88.8 Å². The number of carboxylic acid groups (broad SMARTS) is 1. The highest BCUT2D eigenvalue weighted by Crippen LogP contribution is 2.28. The van der Waals surface area contributed by atoms with Gasteiger partial charge in [0, 0.05) is 16.8 Å². The van der Waals surface area contributed by atoms with E-state index in [4.69, 9.17) is 20.8 Å². The Bertz CT molecular complexity index is 1230. The Kier molecular flexibility index (Phi) is 6.42. The molecule has 32 heavy (non-hydrogen) atoms. The molecule has 0 unspecified atom stereocenters. The van der Waals surface area contributed by atoms with Gasteiger partial charge in [0.15, 0.2) is 6.61 Å². The molecule has 0 saturated heterocycles. The van der Waals surface area contributed by atoms with Crippen molar-refractivity contribution < 1.29 is 23.8 Å². The monoisotopic (exact) mass is 449 g/mol. The largest absolute Gasteiger partial charge is 0.480 e. The van der Waals surface area contributed by atoms with Crippen LogP contribution in [0.1, 0.15) is 11.3 Å². The van der Waals surface area contributed by atoms with Crippen molar-refractivity contribution in [3.8, 4) is 11.1 Å². The second kappa shape index (κ2) is 9.58. The Morgan fingerprint density at radius 1 is 0.969 bits per heavy atom. The molecule has 4 aromatic rings. The Balaban J connectivity index is 1.39. The molecular formula is C25H20ClNO5. The van der Waals surface area contributed by atoms with E-state index in [1.807, 2.05) is 60.7 Å². The molecule has 6 nitrogen and oxygen atoms in total. The maximum absolute atomic E-state index is 12.2. The molecule has 1 aromatic heterocycles. The number of rotatable bonds is 7. The summed E-state index contributed by atoms with van der Waals surface area (Å²) in [5.41, 5.74) is 3.49. The fourth-order valence-corrected chi connectivity index (χ4v) is 3.49. The minimum Gasteiger partial charge on any atom is -0.480 e. The van der Waals surface area contributed by atoms with Crippen LogP contribution in [-0.4, -0.2) is 23.2 Å². The number of hydrogen-bond acceptors (Lipinski definition) is 4. The molecule has 1 amide bonds. The van der Waals surface area contributed by atoms with E-state index in [9.17, 15) is 14.7 Å². The number of carboxylic acids is 1. The lowest BCUT2D eigenvalue weighted by molar-refractivity contribution is -0.139. The summed E-state index contributed by atoms with van der Waals surface area (Å²) in [4.78, 5) is 23.7. The zero-order valence-corrected chi connectivity index (χ0v) is 17.7. The molecular weight excluding hydrogens is 430 g/mol. The van der Waals surface area contributed by atoms with Crippen LogP contribution in [0.3, 0.4) is 0 Å². The van der Waals surface area contributed by atoms with E-state index in [-0.39, 0.29) is 13.0 Å². The molecule has 0 bridgehead atoms. The Labute approximate surface area is 189 Å². The van der Waals surface area contributed by atoms with Gasteiger partial charge in [-0.3, -0.25) is 0 Å². The molecule has 2 N–H and O–H groups in total. The second-order valence-electron chi connectivity index (χ2n) is 7.27. The van der Waals surface area contributed by atoms with Crippen molar-refractivity contribution in [2.45, 2.75) is 19.1 Å². The van der Waals surface area contributed by atoms with Crippen LogP contribution < -0.4 is 5.32 Å². The first-order valence-electron chi connectivity index (χ1n) is 9.96. The van der Waals surface area contributed by atoms with E-state index in [2.05, 4.69) is 5.32 Å². The number of aliphatic carboxylic acids is 1. The molecule has 3 aromatic carbocycles. The summed E-state index contributed by atoms with van der Waals surface area (Å²) in [6.07, 6.45) is -0.667. The van der Waals surface area contributed by atoms with Gasteiger partial charge in [-0.1, -0.05) is 60.1 Å². The normalized spacial score (nSPS) is 11.8. The van der Waals surface area contributed by atoms with Gasteiger partial charge in [-0.05, 0) is 47.0 Å². The molecule has 4 rings (SSSR count). The molecule has 1 heterocycles. The lowest BCUT2D eigenvalue weighted by Gasteiger charge is -2.14. The average Bonchev–Trinajstić information content (AvgIpc) is 3.20. The van der Waals surface area contributed by atoms with E-state index >= 15 is 0 Å². The fourth-order valence-electron chi connectivity index (χ4n) is 3.36. The van der Waals surface area contributed by atoms with Crippen LogP contribution in [0, 0.1) is 0 Å². The van der Waals surface area contributed by atoms with Crippen LogP contribution in [0.4, 0.5) is 4.79 Å². The van der Waals surface area contributed by atoms with Gasteiger partial charge in [0.1, 0.15) is 17.4 Å². The first kappa shape index (κ1) is 21.5. The van der Waals surface area contributed by atoms with E-state index in [1.54, 1.807) is 18.2 Å². The summed E-state index contributed by atoms with van der Waals surface area (Å²) in [7, 11) is 0. The third kappa shape index (κ3) is 5.28. The Morgan fingerprint density at radius 3 is 2.41 bits per heavy atom. The number of ether oxygens (including phenoxy) is 1. The highest BCUT2D eigenvalue weighted by atomic mass is 35.5. The lowest BCUT2D eigenvalue weighted by atomic mass is 10.0. The molecule has 0 fully saturated rings. The summed E-state index contributed by atoms with van der Waals surface area (Å²) in [5, 5.41) is 13.3. The van der Waals surface area contributed by atoms with Crippen LogP contribution in [-0.2, 0) is 22.6 Å². The first-order chi connectivity index (χ1) is 15.5. The number of benzene rings is 3. The lowest BCUT2D eigenvalue weighted by Crippen LogP contribution is -2.42. The van der Waals surface area contributed by atoms with E-state index in [0.29, 0.717) is 16.4 Å². The number of carbonyl (C=O) groups is 2. The van der Waals surface area contributed by atoms with Gasteiger partial charge in [0.2, 0.25) is 0 Å². The predicted molar refractivity (Wildman–Crippen MR) is 122 cm³/mol. The van der Waals surface area contributed by atoms with Crippen LogP contribution in [0.25, 0.3) is 22.1 Å². The van der Waals surface area contributed by atoms with Gasteiger partial charge in [-0.15, -0.1) is 0 Å². The van der Waals surface area contributed by atoms with Crippen molar-refractivity contribution in [2.75, 3.05) is 0 Å². The van der Waals surface area contributed by atoms with Crippen molar-refractivity contribution in [1.82, 2.24) is 5.32 Å². The highest BCUT2D eigenvalue weighted by molar-refractivity contribution is 6.30. The smallest absolute Gasteiger partial charge is 0.408 e. The third-order valence-electron chi connectivity index (χ3n) is 4.96. The van der Waals surface area contributed by atoms with Gasteiger partial charge in [-0.25, -0.2) is 9.59 Å². The Morgan fingerprint density at radius 2 is 1.69 bits per heavy atom. The van der Waals surface area contributed by atoms with Crippen molar-refractivity contribution >= 4 is 34.6 Å². The molecule has 1 atom stereocenters. The summed E-state index contributed by atoms with van der Waals surface area (Å²) in [6, 6.07) is 23.1. The molecule has 0 aliphatic carbocycles. The number of furan rings is 1. The van der Waals surface area contributed by atoms with Gasteiger partial charge >= 0.3 is 12.1 Å². The standard InChI is InChI=1S/C25H20ClNO5/c26-20-9-6-17(7-10-20)18-8-11-23-19(13-18)14-21(32-23)15-31-25(30)27-22(24(28)29)12-16-4-2-1-3-5-16/h1-11,13-14,22H,12,15H2,(H,27,30)(H,28,29)/t22-/m1/s1. The predicted octanol–water partition coefficient (Wildman–Crippen LogP) is 5.68. The highest BCUT2D eigenvalue weighted by Gasteiger charge is 2.21. The number of halogens is 1. The number of fused-ring (bicyclic) bond motifs is 1. The average molecular weight is 450 g/mol. The van der Waals surface area contributed by atoms with Gasteiger partial charge in [0.25, 0.3) is 0 Å². The van der Waals surface area contributed by atoms with Gasteiger partial charge in [0.05, 0.1) is 0 Å². The maximum atomic E-state index is 12.2. The van der Waals surface area contributed by atoms with Crippen molar-refractivity contribution in [2.24, 2.45) is 0 Å². The molecule has 0 aliphatic heterocycles. The van der Waals surface area contributed by atoms with Crippen LogP contribution in [0.15, 0.2) is 83.3 Å². The van der Waals surface area contributed by atoms with Crippen LogP contribution in [0.5, 0.6) is 0 Å². The number of alkyl carbamates (subject to hydrolysis) is 1. The fraction of sp³-hybridized carbons (Fsp3) is 0.120. The number of nitrogens with one attached hydrogen (secondary N) is 1. The van der Waals surface area contributed by atoms with E-state index in [0.717, 1.165) is 22.1 Å². The molecule has 0 saturated carbocycles. The zero-order valence-electron chi connectivity index (χ0n) is 17.0. The number of carbonyl (C=O) groups excluding carboxylic acids is 1. The molecule has 162 valence electrons. The zero-order chi connectivity index (χ0) is 22.5. The second-order valence-corrected chi connectivity index (χ2v) is 7.71. The molecule has 0 spiro atoms. The van der Waals surface area contributed by atoms with Gasteiger partial charge in [-0.2, -0.15) is 0 Å². The third-order valence-corrected chi connectivity index (χ3v) is 5.22. The summed E-state index contributed by atoms with van der Waals surface area (Å²) in [5.74, 6) is -0.678. The maximum Gasteiger partial charge on any atom is 0.408 e. The quantitative estimate of drug-likeness (QED) is 0.379. The van der Waals surface area contributed by atoms with E-state index in [1.165, 1.54) is 0 Å². The minimum absolute atomic E-state index is 0.117. The van der Waals surface area contributed by atoms with E-state index < -0.39 is 18.1 Å². The summed E-state index contributed by atoms with van der Waals surface area (Å²) >= 11 is 5.95. The Hall–Kier alpha value is -3.77. The first-order valence-corrected chi connectivity index (χ1v) is 10.3. The van der Waals surface area contributed by atoms with Crippen molar-refractivity contribution in [1.29, 1.82) is 0 Å². The molecule has 7 heteroatoms. The summed E-state index contributed by atoms with van der Waals surface area (Å²) in [6.45, 7) is -0.117. The number of hydrogen-bond donors (Lipinski definition) is 2. The van der Waals surface area contributed by atoms with Gasteiger partial charge < -0.3 is 19.6 Å².